The molecule has 1 rings (SSSR count). The quantitative estimate of drug-likeness (QED) is 0.506. The van der Waals surface area contributed by atoms with Crippen molar-refractivity contribution in [3.63, 3.8) is 0 Å². The van der Waals surface area contributed by atoms with E-state index < -0.39 is 0 Å². The Morgan fingerprint density at radius 1 is 1.54 bits per heavy atom. The Morgan fingerprint density at radius 3 is 2.85 bits per heavy atom. The van der Waals surface area contributed by atoms with Gasteiger partial charge in [-0.25, -0.2) is 0 Å². The number of rotatable bonds is 4. The molecule has 76 valence electrons. The van der Waals surface area contributed by atoms with Crippen LogP contribution in [0.15, 0.2) is 11.8 Å². The van der Waals surface area contributed by atoms with Crippen molar-refractivity contribution < 1.29 is 4.74 Å². The molecular weight excluding hydrogens is 180 g/mol. The highest BCUT2D eigenvalue weighted by molar-refractivity contribution is 8.00. The Balaban J connectivity index is 2.15. The van der Waals surface area contributed by atoms with E-state index in [2.05, 4.69) is 32.5 Å². The molecule has 0 bridgehead atoms. The predicted octanol–water partition coefficient (Wildman–Crippen LogP) is 3.60. The van der Waals surface area contributed by atoms with E-state index >= 15 is 0 Å². The van der Waals surface area contributed by atoms with Gasteiger partial charge in [0.25, 0.3) is 0 Å². The summed E-state index contributed by atoms with van der Waals surface area (Å²) >= 11 is 2.10. The van der Waals surface area contributed by atoms with Crippen LogP contribution in [0, 0.1) is 0 Å². The molecule has 1 heterocycles. The van der Waals surface area contributed by atoms with Crippen molar-refractivity contribution in [2.45, 2.75) is 44.8 Å². The summed E-state index contributed by atoms with van der Waals surface area (Å²) in [5.41, 5.74) is 1.24. The highest BCUT2D eigenvalue weighted by Gasteiger charge is 2.28. The van der Waals surface area contributed by atoms with E-state index in [0.29, 0.717) is 4.75 Å². The topological polar surface area (TPSA) is 9.23 Å². The monoisotopic (exact) mass is 200 g/mol. The van der Waals surface area contributed by atoms with Crippen LogP contribution in [0.2, 0.25) is 0 Å². The third-order valence-corrected chi connectivity index (χ3v) is 3.97. The normalized spacial score (nSPS) is 27.3. The molecule has 0 aromatic heterocycles. The number of hydrogen-bond acceptors (Lipinski definition) is 2. The molecule has 13 heavy (non-hydrogen) atoms. The standard InChI is InChI=1S/C11H20OS/c1-10(2)9-12-7-6-11(3)5-4-8-13-11/h9H,4-8H2,1-3H3. The first-order valence-electron chi connectivity index (χ1n) is 5.01. The maximum atomic E-state index is 5.45. The van der Waals surface area contributed by atoms with Crippen LogP contribution in [0.4, 0.5) is 0 Å². The molecule has 1 fully saturated rings. The fourth-order valence-electron chi connectivity index (χ4n) is 1.53. The molecule has 0 saturated carbocycles. The molecule has 1 unspecified atom stereocenters. The first-order valence-corrected chi connectivity index (χ1v) is 6.00. The molecule has 0 N–H and O–H groups in total. The number of thioether (sulfide) groups is 1. The maximum Gasteiger partial charge on any atom is 0.0886 e. The smallest absolute Gasteiger partial charge is 0.0886 e. The zero-order valence-electron chi connectivity index (χ0n) is 8.93. The van der Waals surface area contributed by atoms with Gasteiger partial charge >= 0.3 is 0 Å². The lowest BCUT2D eigenvalue weighted by Gasteiger charge is -2.21. The summed E-state index contributed by atoms with van der Waals surface area (Å²) in [6.07, 6.45) is 5.78. The molecule has 0 aromatic carbocycles. The highest BCUT2D eigenvalue weighted by Crippen LogP contribution is 2.40. The highest BCUT2D eigenvalue weighted by atomic mass is 32.2. The van der Waals surface area contributed by atoms with E-state index in [1.807, 2.05) is 6.26 Å². The second-order valence-corrected chi connectivity index (χ2v) is 5.90. The van der Waals surface area contributed by atoms with Gasteiger partial charge in [-0.15, -0.1) is 0 Å². The summed E-state index contributed by atoms with van der Waals surface area (Å²) in [7, 11) is 0. The number of hydrogen-bond donors (Lipinski definition) is 0. The lowest BCUT2D eigenvalue weighted by molar-refractivity contribution is 0.229. The fourth-order valence-corrected chi connectivity index (χ4v) is 2.83. The molecular formula is C11H20OS. The lowest BCUT2D eigenvalue weighted by atomic mass is 10.0. The molecule has 0 radical (unpaired) electrons. The van der Waals surface area contributed by atoms with Crippen molar-refractivity contribution in [3.05, 3.63) is 11.8 Å². The van der Waals surface area contributed by atoms with Crippen LogP contribution in [0.5, 0.6) is 0 Å². The average molecular weight is 200 g/mol. The van der Waals surface area contributed by atoms with Gasteiger partial charge in [0.15, 0.2) is 0 Å². The Labute approximate surface area is 85.9 Å². The Hall–Kier alpha value is -0.110. The molecule has 1 aliphatic heterocycles. The molecule has 1 saturated heterocycles. The van der Waals surface area contributed by atoms with Crippen molar-refractivity contribution in [1.82, 2.24) is 0 Å². The van der Waals surface area contributed by atoms with E-state index in [1.54, 1.807) is 0 Å². The molecule has 0 aromatic rings. The molecule has 0 aliphatic carbocycles. The summed E-state index contributed by atoms with van der Waals surface area (Å²) in [6.45, 7) is 7.35. The maximum absolute atomic E-state index is 5.45. The van der Waals surface area contributed by atoms with Crippen molar-refractivity contribution in [2.75, 3.05) is 12.4 Å². The lowest BCUT2D eigenvalue weighted by Crippen LogP contribution is -2.17. The van der Waals surface area contributed by atoms with E-state index in [9.17, 15) is 0 Å². The molecule has 0 spiro atoms. The summed E-state index contributed by atoms with van der Waals surface area (Å²) < 4.78 is 5.94. The van der Waals surface area contributed by atoms with Gasteiger partial charge in [0, 0.05) is 4.75 Å². The average Bonchev–Trinajstić information content (AvgIpc) is 2.47. The van der Waals surface area contributed by atoms with E-state index in [0.717, 1.165) is 6.61 Å². The molecule has 0 amide bonds. The van der Waals surface area contributed by atoms with Gasteiger partial charge in [-0.1, -0.05) is 6.92 Å². The SMILES string of the molecule is CC(C)=COCCC1(C)CCCS1. The largest absolute Gasteiger partial charge is 0.501 e. The van der Waals surface area contributed by atoms with Gasteiger partial charge in [0.1, 0.15) is 0 Å². The summed E-state index contributed by atoms with van der Waals surface area (Å²) in [4.78, 5) is 0. The Kier molecular flexibility index (Phi) is 4.17. The summed E-state index contributed by atoms with van der Waals surface area (Å²) in [5.74, 6) is 1.33. The first kappa shape index (κ1) is 11.0. The van der Waals surface area contributed by atoms with Crippen LogP contribution >= 0.6 is 11.8 Å². The van der Waals surface area contributed by atoms with Crippen LogP contribution in [0.1, 0.15) is 40.0 Å². The van der Waals surface area contributed by atoms with Crippen molar-refractivity contribution in [1.29, 1.82) is 0 Å². The van der Waals surface area contributed by atoms with E-state index in [1.165, 1.54) is 30.6 Å². The zero-order chi connectivity index (χ0) is 9.73. The molecule has 1 aliphatic rings. The summed E-state index contributed by atoms with van der Waals surface area (Å²) in [5, 5.41) is 0. The third-order valence-electron chi connectivity index (χ3n) is 2.37. The van der Waals surface area contributed by atoms with E-state index in [4.69, 9.17) is 4.74 Å². The van der Waals surface area contributed by atoms with Gasteiger partial charge in [0.05, 0.1) is 12.9 Å². The molecule has 1 atom stereocenters. The zero-order valence-corrected chi connectivity index (χ0v) is 9.75. The van der Waals surface area contributed by atoms with Crippen LogP contribution in [-0.2, 0) is 4.74 Å². The second-order valence-electron chi connectivity index (χ2n) is 4.22. The number of ether oxygens (including phenoxy) is 1. The van der Waals surface area contributed by atoms with Gasteiger partial charge in [-0.3, -0.25) is 0 Å². The third kappa shape index (κ3) is 4.08. The molecule has 2 heteroatoms. The number of allylic oxidation sites excluding steroid dienone is 1. The predicted molar refractivity (Wildman–Crippen MR) is 60.1 cm³/mol. The van der Waals surface area contributed by atoms with Gasteiger partial charge in [-0.05, 0) is 44.4 Å². The summed E-state index contributed by atoms with van der Waals surface area (Å²) in [6, 6.07) is 0. The minimum absolute atomic E-state index is 0.496. The van der Waals surface area contributed by atoms with Crippen LogP contribution < -0.4 is 0 Å². The van der Waals surface area contributed by atoms with Crippen LogP contribution in [-0.4, -0.2) is 17.1 Å². The van der Waals surface area contributed by atoms with Crippen molar-refractivity contribution in [3.8, 4) is 0 Å². The fraction of sp³-hybridized carbons (Fsp3) is 0.818. The van der Waals surface area contributed by atoms with Gasteiger partial charge in [0.2, 0.25) is 0 Å². The van der Waals surface area contributed by atoms with Gasteiger partial charge in [-0.2, -0.15) is 11.8 Å². The van der Waals surface area contributed by atoms with Crippen LogP contribution in [0.3, 0.4) is 0 Å². The minimum atomic E-state index is 0.496. The van der Waals surface area contributed by atoms with E-state index in [-0.39, 0.29) is 0 Å². The Bertz CT molecular complexity index is 177. The van der Waals surface area contributed by atoms with Gasteiger partial charge < -0.3 is 4.74 Å². The first-order chi connectivity index (χ1) is 6.12. The van der Waals surface area contributed by atoms with Crippen molar-refractivity contribution in [2.24, 2.45) is 0 Å². The Morgan fingerprint density at radius 2 is 2.31 bits per heavy atom. The van der Waals surface area contributed by atoms with Crippen LogP contribution in [0.25, 0.3) is 0 Å². The van der Waals surface area contributed by atoms with Crippen molar-refractivity contribution >= 4 is 11.8 Å². The minimum Gasteiger partial charge on any atom is -0.501 e. The molecule has 1 nitrogen and oxygen atoms in total. The second kappa shape index (κ2) is 4.94.